The van der Waals surface area contributed by atoms with Gasteiger partial charge in [0.1, 0.15) is 0 Å². The topological polar surface area (TPSA) is 58.2 Å². The fraction of sp³-hybridized carbons (Fsp3) is 0.385. The molecule has 0 aliphatic heterocycles. The van der Waals surface area contributed by atoms with E-state index >= 15 is 0 Å². The summed E-state index contributed by atoms with van der Waals surface area (Å²) in [4.78, 5) is 22.9. The Labute approximate surface area is 112 Å². The van der Waals surface area contributed by atoms with Gasteiger partial charge in [-0.2, -0.15) is 0 Å². The maximum Gasteiger partial charge on any atom is 0.251 e. The Morgan fingerprint density at radius 1 is 1.28 bits per heavy atom. The molecule has 0 unspecified atom stereocenters. The van der Waals surface area contributed by atoms with Gasteiger partial charge < -0.3 is 10.6 Å². The van der Waals surface area contributed by atoms with Crippen LogP contribution in [0.15, 0.2) is 24.3 Å². The van der Waals surface area contributed by atoms with Crippen molar-refractivity contribution in [3.8, 4) is 0 Å². The molecule has 18 heavy (non-hydrogen) atoms. The van der Waals surface area contributed by atoms with Crippen molar-refractivity contribution in [2.75, 3.05) is 13.1 Å². The maximum atomic E-state index is 11.8. The lowest BCUT2D eigenvalue weighted by atomic mass is 10.1. The second-order valence-electron chi connectivity index (χ2n) is 3.79. The number of carbonyl (C=O) groups excluding carboxylic acids is 2. The average molecular weight is 269 g/mol. The van der Waals surface area contributed by atoms with Gasteiger partial charge in [-0.05, 0) is 24.6 Å². The number of hydrogen-bond donors (Lipinski definition) is 2. The van der Waals surface area contributed by atoms with Crippen LogP contribution in [0, 0.1) is 0 Å². The van der Waals surface area contributed by atoms with Crippen molar-refractivity contribution in [3.63, 3.8) is 0 Å². The number of halogens is 1. The molecule has 0 saturated carbocycles. The molecule has 1 rings (SSSR count). The quantitative estimate of drug-likeness (QED) is 0.772. The van der Waals surface area contributed by atoms with Crippen LogP contribution in [-0.2, 0) is 10.7 Å². The lowest BCUT2D eigenvalue weighted by Gasteiger charge is -2.06. The van der Waals surface area contributed by atoms with E-state index in [1.807, 2.05) is 13.0 Å². The van der Waals surface area contributed by atoms with E-state index < -0.39 is 0 Å². The fourth-order valence-electron chi connectivity index (χ4n) is 1.47. The minimum Gasteiger partial charge on any atom is -0.356 e. The highest BCUT2D eigenvalue weighted by Crippen LogP contribution is 2.07. The first-order valence-electron chi connectivity index (χ1n) is 5.87. The molecule has 0 saturated heterocycles. The van der Waals surface area contributed by atoms with Crippen LogP contribution in [0.2, 0.25) is 0 Å². The summed E-state index contributed by atoms with van der Waals surface area (Å²) in [6, 6.07) is 7.11. The third-order valence-corrected chi connectivity index (χ3v) is 2.66. The second kappa shape index (κ2) is 7.71. The minimum absolute atomic E-state index is 0.0627. The fourth-order valence-corrected chi connectivity index (χ4v) is 1.64. The summed E-state index contributed by atoms with van der Waals surface area (Å²) < 4.78 is 0. The lowest BCUT2D eigenvalue weighted by Crippen LogP contribution is -2.30. The molecule has 0 aliphatic carbocycles. The zero-order valence-electron chi connectivity index (χ0n) is 10.3. The normalized spacial score (nSPS) is 9.89. The molecule has 0 fully saturated rings. The molecule has 2 N–H and O–H groups in total. The number of carbonyl (C=O) groups is 2. The van der Waals surface area contributed by atoms with E-state index in [9.17, 15) is 9.59 Å². The Bertz CT molecular complexity index is 421. The first kappa shape index (κ1) is 14.5. The summed E-state index contributed by atoms with van der Waals surface area (Å²) in [5, 5.41) is 5.37. The van der Waals surface area contributed by atoms with Crippen LogP contribution in [0.5, 0.6) is 0 Å². The molecule has 4 nitrogen and oxygen atoms in total. The largest absolute Gasteiger partial charge is 0.356 e. The molecule has 1 aromatic carbocycles. The highest BCUT2D eigenvalue weighted by Gasteiger charge is 2.06. The van der Waals surface area contributed by atoms with Crippen molar-refractivity contribution in [2.24, 2.45) is 0 Å². The van der Waals surface area contributed by atoms with Gasteiger partial charge in [0.2, 0.25) is 5.91 Å². The highest BCUT2D eigenvalue weighted by molar-refractivity contribution is 6.17. The molecule has 0 atom stereocenters. The van der Waals surface area contributed by atoms with Crippen LogP contribution in [0.4, 0.5) is 0 Å². The number of rotatable bonds is 6. The van der Waals surface area contributed by atoms with E-state index in [-0.39, 0.29) is 18.2 Å². The van der Waals surface area contributed by atoms with Gasteiger partial charge in [0.05, 0.1) is 0 Å². The summed E-state index contributed by atoms with van der Waals surface area (Å²) >= 11 is 5.70. The molecule has 2 amide bonds. The number of nitrogens with one attached hydrogen (secondary N) is 2. The predicted molar refractivity (Wildman–Crippen MR) is 71.6 cm³/mol. The average Bonchev–Trinajstić information content (AvgIpc) is 2.39. The minimum atomic E-state index is -0.189. The summed E-state index contributed by atoms with van der Waals surface area (Å²) in [6.07, 6.45) is 0.286. The molecule has 0 bridgehead atoms. The van der Waals surface area contributed by atoms with Gasteiger partial charge in [0, 0.05) is 31.0 Å². The van der Waals surface area contributed by atoms with Gasteiger partial charge in [-0.1, -0.05) is 12.1 Å². The summed E-state index contributed by atoms with van der Waals surface area (Å²) in [7, 11) is 0. The van der Waals surface area contributed by atoms with Crippen molar-refractivity contribution >= 4 is 23.4 Å². The SMILES string of the molecule is CCNC(=O)CCNC(=O)c1cccc(CCl)c1. The summed E-state index contributed by atoms with van der Waals surface area (Å²) in [6.45, 7) is 2.79. The standard InChI is InChI=1S/C13H17ClN2O2/c1-2-15-12(17)6-7-16-13(18)11-5-3-4-10(8-11)9-14/h3-5,8H,2,6-7,9H2,1H3,(H,15,17)(H,16,18). The number of hydrogen-bond acceptors (Lipinski definition) is 2. The van der Waals surface area contributed by atoms with Crippen molar-refractivity contribution in [1.29, 1.82) is 0 Å². The van der Waals surface area contributed by atoms with Crippen LogP contribution in [-0.4, -0.2) is 24.9 Å². The van der Waals surface area contributed by atoms with Crippen LogP contribution >= 0.6 is 11.6 Å². The van der Waals surface area contributed by atoms with E-state index in [2.05, 4.69) is 10.6 Å². The Morgan fingerprint density at radius 2 is 2.06 bits per heavy atom. The first-order chi connectivity index (χ1) is 8.67. The molecule has 1 aromatic rings. The Hall–Kier alpha value is -1.55. The molecule has 0 aliphatic rings. The van der Waals surface area contributed by atoms with Crippen LogP contribution in [0.3, 0.4) is 0 Å². The number of benzene rings is 1. The lowest BCUT2D eigenvalue weighted by molar-refractivity contribution is -0.120. The van der Waals surface area contributed by atoms with Gasteiger partial charge >= 0.3 is 0 Å². The summed E-state index contributed by atoms with van der Waals surface area (Å²) in [5.41, 5.74) is 1.46. The maximum absolute atomic E-state index is 11.8. The van der Waals surface area contributed by atoms with Gasteiger partial charge in [0.15, 0.2) is 0 Å². The van der Waals surface area contributed by atoms with Gasteiger partial charge in [0.25, 0.3) is 5.91 Å². The zero-order chi connectivity index (χ0) is 13.4. The molecule has 98 valence electrons. The van der Waals surface area contributed by atoms with E-state index in [0.29, 0.717) is 24.5 Å². The van der Waals surface area contributed by atoms with E-state index in [0.717, 1.165) is 5.56 Å². The third kappa shape index (κ3) is 4.75. The zero-order valence-corrected chi connectivity index (χ0v) is 11.1. The van der Waals surface area contributed by atoms with Crippen molar-refractivity contribution < 1.29 is 9.59 Å². The van der Waals surface area contributed by atoms with Crippen LogP contribution in [0.1, 0.15) is 29.3 Å². The summed E-state index contributed by atoms with van der Waals surface area (Å²) in [5.74, 6) is 0.124. The molecule has 0 heterocycles. The van der Waals surface area contributed by atoms with Gasteiger partial charge in [-0.15, -0.1) is 11.6 Å². The van der Waals surface area contributed by atoms with Crippen molar-refractivity contribution in [1.82, 2.24) is 10.6 Å². The van der Waals surface area contributed by atoms with Gasteiger partial charge in [-0.25, -0.2) is 0 Å². The molecule has 0 spiro atoms. The van der Waals surface area contributed by atoms with E-state index in [4.69, 9.17) is 11.6 Å². The molecule has 5 heteroatoms. The number of alkyl halides is 1. The Kier molecular flexibility index (Phi) is 6.22. The van der Waals surface area contributed by atoms with Crippen molar-refractivity contribution in [3.05, 3.63) is 35.4 Å². The number of amides is 2. The second-order valence-corrected chi connectivity index (χ2v) is 4.06. The Balaban J connectivity index is 2.42. The smallest absolute Gasteiger partial charge is 0.251 e. The molecular formula is C13H17ClN2O2. The predicted octanol–water partition coefficient (Wildman–Crippen LogP) is 1.68. The monoisotopic (exact) mass is 268 g/mol. The van der Waals surface area contributed by atoms with E-state index in [1.165, 1.54) is 0 Å². The Morgan fingerprint density at radius 3 is 2.72 bits per heavy atom. The van der Waals surface area contributed by atoms with Crippen LogP contribution in [0.25, 0.3) is 0 Å². The van der Waals surface area contributed by atoms with Crippen LogP contribution < -0.4 is 10.6 Å². The van der Waals surface area contributed by atoms with Crippen molar-refractivity contribution in [2.45, 2.75) is 19.2 Å². The highest BCUT2D eigenvalue weighted by atomic mass is 35.5. The first-order valence-corrected chi connectivity index (χ1v) is 6.40. The van der Waals surface area contributed by atoms with E-state index in [1.54, 1.807) is 18.2 Å². The third-order valence-electron chi connectivity index (χ3n) is 2.36. The molecular weight excluding hydrogens is 252 g/mol. The molecule has 0 radical (unpaired) electrons. The molecule has 0 aromatic heterocycles. The van der Waals surface area contributed by atoms with Gasteiger partial charge in [-0.3, -0.25) is 9.59 Å².